The van der Waals surface area contributed by atoms with Gasteiger partial charge in [-0.3, -0.25) is 4.79 Å². The van der Waals surface area contributed by atoms with Crippen LogP contribution in [-0.2, 0) is 9.53 Å². The van der Waals surface area contributed by atoms with Crippen LogP contribution >= 0.6 is 11.5 Å². The zero-order valence-corrected chi connectivity index (χ0v) is 7.95. The highest BCUT2D eigenvalue weighted by Crippen LogP contribution is 2.20. The van der Waals surface area contributed by atoms with E-state index >= 15 is 0 Å². The molecule has 1 heterocycles. The van der Waals surface area contributed by atoms with Crippen molar-refractivity contribution in [2.24, 2.45) is 0 Å². The van der Waals surface area contributed by atoms with E-state index in [1.807, 2.05) is 0 Å². The normalized spacial score (nSPS) is 12.7. The van der Waals surface area contributed by atoms with Gasteiger partial charge in [-0.2, -0.15) is 4.37 Å². The summed E-state index contributed by atoms with van der Waals surface area (Å²) in [7, 11) is 1.54. The third-order valence-electron chi connectivity index (χ3n) is 1.52. The van der Waals surface area contributed by atoms with Gasteiger partial charge in [0.15, 0.2) is 0 Å². The van der Waals surface area contributed by atoms with E-state index in [2.05, 4.69) is 9.36 Å². The highest BCUT2D eigenvalue weighted by Gasteiger charge is 2.18. The Morgan fingerprint density at radius 1 is 1.85 bits per heavy atom. The second-order valence-electron chi connectivity index (χ2n) is 2.53. The van der Waals surface area contributed by atoms with Crippen molar-refractivity contribution in [3.63, 3.8) is 0 Å². The fourth-order valence-corrected chi connectivity index (χ4v) is 1.59. The van der Waals surface area contributed by atoms with E-state index in [4.69, 9.17) is 9.84 Å². The summed E-state index contributed by atoms with van der Waals surface area (Å²) in [6.07, 6.45) is 1.45. The summed E-state index contributed by atoms with van der Waals surface area (Å²) in [5, 5.41) is 9.32. The van der Waals surface area contributed by atoms with Gasteiger partial charge >= 0.3 is 5.97 Å². The molecular formula is C7H10N2O3S. The Labute approximate surface area is 79.5 Å². The summed E-state index contributed by atoms with van der Waals surface area (Å²) in [6.45, 7) is 0.363. The zero-order chi connectivity index (χ0) is 9.68. The molecule has 1 rings (SSSR count). The van der Waals surface area contributed by atoms with E-state index in [1.165, 1.54) is 25.0 Å². The van der Waals surface area contributed by atoms with Crippen molar-refractivity contribution >= 4 is 17.5 Å². The van der Waals surface area contributed by atoms with Crippen molar-refractivity contribution < 1.29 is 14.6 Å². The Morgan fingerprint density at radius 2 is 2.62 bits per heavy atom. The summed E-state index contributed by atoms with van der Waals surface area (Å²) in [5.74, 6) is -1.03. The third-order valence-corrected chi connectivity index (χ3v) is 2.34. The quantitative estimate of drug-likeness (QED) is 0.762. The Hall–Kier alpha value is -1.01. The number of hydrogen-bond acceptors (Lipinski definition) is 5. The highest BCUT2D eigenvalue weighted by atomic mass is 32.1. The Kier molecular flexibility index (Phi) is 3.78. The second-order valence-corrected chi connectivity index (χ2v) is 3.34. The van der Waals surface area contributed by atoms with Crippen LogP contribution in [0.5, 0.6) is 0 Å². The van der Waals surface area contributed by atoms with Gasteiger partial charge < -0.3 is 9.84 Å². The zero-order valence-electron chi connectivity index (χ0n) is 7.14. The van der Waals surface area contributed by atoms with Crippen LogP contribution < -0.4 is 0 Å². The second kappa shape index (κ2) is 4.88. The molecule has 0 aliphatic heterocycles. The maximum absolute atomic E-state index is 10.5. The summed E-state index contributed by atoms with van der Waals surface area (Å²) in [5.41, 5.74) is 0. The maximum atomic E-state index is 10.5. The van der Waals surface area contributed by atoms with Gasteiger partial charge in [-0.05, 0) is 11.5 Å². The molecule has 72 valence electrons. The van der Waals surface area contributed by atoms with Crippen LogP contribution in [0.1, 0.15) is 17.3 Å². The van der Waals surface area contributed by atoms with Crippen LogP contribution in [0.3, 0.4) is 0 Å². The number of methoxy groups -OCH3 is 1. The van der Waals surface area contributed by atoms with Crippen molar-refractivity contribution in [1.29, 1.82) is 0 Å². The fraction of sp³-hybridized carbons (Fsp3) is 0.571. The van der Waals surface area contributed by atoms with Gasteiger partial charge in [0.1, 0.15) is 11.3 Å². The molecule has 1 aromatic heterocycles. The van der Waals surface area contributed by atoms with Gasteiger partial charge in [-0.1, -0.05) is 0 Å². The molecule has 0 amide bonds. The molecule has 0 aliphatic carbocycles. The summed E-state index contributed by atoms with van der Waals surface area (Å²) in [4.78, 5) is 14.4. The maximum Gasteiger partial charge on any atom is 0.304 e. The van der Waals surface area contributed by atoms with Gasteiger partial charge in [-0.15, -0.1) is 0 Å². The number of hydrogen-bond donors (Lipinski definition) is 1. The molecule has 0 aromatic carbocycles. The average molecular weight is 202 g/mol. The first kappa shape index (κ1) is 10.1. The van der Waals surface area contributed by atoms with E-state index in [9.17, 15) is 4.79 Å². The molecule has 0 bridgehead atoms. The standard InChI is InChI=1S/C7H10N2O3S/c1-12-3-5(2-6(10)11)7-8-4-9-13-7/h4-5H,2-3H2,1H3,(H,10,11). The van der Waals surface area contributed by atoms with Gasteiger partial charge in [0.25, 0.3) is 0 Å². The number of ether oxygens (including phenoxy) is 1. The molecule has 1 aromatic rings. The molecule has 0 saturated heterocycles. The summed E-state index contributed by atoms with van der Waals surface area (Å²) >= 11 is 1.21. The molecule has 0 aliphatic rings. The average Bonchev–Trinajstić information content (AvgIpc) is 2.54. The molecule has 6 heteroatoms. The first-order valence-corrected chi connectivity index (χ1v) is 4.48. The molecule has 0 saturated carbocycles. The molecule has 0 radical (unpaired) electrons. The summed E-state index contributed by atoms with van der Waals surface area (Å²) < 4.78 is 8.72. The highest BCUT2D eigenvalue weighted by molar-refractivity contribution is 7.05. The van der Waals surface area contributed by atoms with E-state index < -0.39 is 5.97 Å². The lowest BCUT2D eigenvalue weighted by Gasteiger charge is -2.08. The first-order chi connectivity index (χ1) is 6.24. The van der Waals surface area contributed by atoms with Gasteiger partial charge in [0.2, 0.25) is 0 Å². The number of carboxylic acid groups (broad SMARTS) is 1. The molecular weight excluding hydrogens is 192 g/mol. The lowest BCUT2D eigenvalue weighted by atomic mass is 10.1. The smallest absolute Gasteiger partial charge is 0.304 e. The van der Waals surface area contributed by atoms with Gasteiger partial charge in [-0.25, -0.2) is 4.98 Å². The van der Waals surface area contributed by atoms with E-state index in [1.54, 1.807) is 0 Å². The minimum Gasteiger partial charge on any atom is -0.481 e. The van der Waals surface area contributed by atoms with Crippen molar-refractivity contribution in [1.82, 2.24) is 9.36 Å². The first-order valence-electron chi connectivity index (χ1n) is 3.71. The molecule has 13 heavy (non-hydrogen) atoms. The van der Waals surface area contributed by atoms with Crippen molar-refractivity contribution in [3.8, 4) is 0 Å². The van der Waals surface area contributed by atoms with Crippen LogP contribution in [0, 0.1) is 0 Å². The van der Waals surface area contributed by atoms with Gasteiger partial charge in [0, 0.05) is 13.0 Å². The molecule has 5 nitrogen and oxygen atoms in total. The van der Waals surface area contributed by atoms with Crippen LogP contribution in [0.25, 0.3) is 0 Å². The minimum absolute atomic E-state index is 0.0308. The number of rotatable bonds is 5. The largest absolute Gasteiger partial charge is 0.481 e. The molecule has 0 fully saturated rings. The Morgan fingerprint density at radius 3 is 3.08 bits per heavy atom. The predicted molar refractivity (Wildman–Crippen MR) is 46.8 cm³/mol. The van der Waals surface area contributed by atoms with Crippen molar-refractivity contribution in [3.05, 3.63) is 11.3 Å². The predicted octanol–water partition coefficient (Wildman–Crippen LogP) is 0.743. The number of nitrogens with zero attached hydrogens (tertiary/aromatic N) is 2. The topological polar surface area (TPSA) is 72.3 Å². The van der Waals surface area contributed by atoms with Crippen molar-refractivity contribution in [2.75, 3.05) is 13.7 Å². The molecule has 1 unspecified atom stereocenters. The van der Waals surface area contributed by atoms with E-state index in [-0.39, 0.29) is 12.3 Å². The minimum atomic E-state index is -0.850. The number of aromatic nitrogens is 2. The number of carbonyl (C=O) groups is 1. The Bertz CT molecular complexity index is 263. The number of carboxylic acids is 1. The third kappa shape index (κ3) is 3.08. The summed E-state index contributed by atoms with van der Waals surface area (Å²) in [6, 6.07) is 0. The lowest BCUT2D eigenvalue weighted by molar-refractivity contribution is -0.137. The molecule has 1 atom stereocenters. The molecule has 0 spiro atoms. The number of aliphatic carboxylic acids is 1. The van der Waals surface area contributed by atoms with Crippen LogP contribution in [-0.4, -0.2) is 34.2 Å². The van der Waals surface area contributed by atoms with Crippen LogP contribution in [0.15, 0.2) is 6.33 Å². The lowest BCUT2D eigenvalue weighted by Crippen LogP contribution is -2.11. The fourth-order valence-electron chi connectivity index (χ4n) is 0.991. The van der Waals surface area contributed by atoms with Crippen LogP contribution in [0.2, 0.25) is 0 Å². The Balaban J connectivity index is 2.62. The van der Waals surface area contributed by atoms with Gasteiger partial charge in [0.05, 0.1) is 13.0 Å². The van der Waals surface area contributed by atoms with Crippen LogP contribution in [0.4, 0.5) is 0 Å². The van der Waals surface area contributed by atoms with E-state index in [0.29, 0.717) is 11.6 Å². The van der Waals surface area contributed by atoms with E-state index in [0.717, 1.165) is 0 Å². The molecule has 1 N–H and O–H groups in total. The van der Waals surface area contributed by atoms with Crippen molar-refractivity contribution in [2.45, 2.75) is 12.3 Å². The monoisotopic (exact) mass is 202 g/mol. The SMILES string of the molecule is COCC(CC(=O)O)c1ncns1.